The zero-order chi connectivity index (χ0) is 19.9. The van der Waals surface area contributed by atoms with Crippen molar-refractivity contribution in [3.05, 3.63) is 47.8 Å². The van der Waals surface area contributed by atoms with Crippen molar-refractivity contribution in [3.63, 3.8) is 0 Å². The van der Waals surface area contributed by atoms with Crippen molar-refractivity contribution < 1.29 is 13.2 Å². The molecule has 0 aliphatic rings. The molecule has 1 atom stereocenters. The lowest BCUT2D eigenvalue weighted by Gasteiger charge is -2.15. The minimum absolute atomic E-state index is 0.0499. The van der Waals surface area contributed by atoms with E-state index >= 15 is 0 Å². The maximum Gasteiger partial charge on any atom is 0.435 e. The first-order valence-electron chi connectivity index (χ1n) is 8.63. The molecule has 5 nitrogen and oxygen atoms in total. The number of nitrogens with zero attached hydrogens (tertiary/aromatic N) is 3. The van der Waals surface area contributed by atoms with E-state index in [9.17, 15) is 13.2 Å². The van der Waals surface area contributed by atoms with E-state index in [-0.39, 0.29) is 17.4 Å². The molecule has 0 aliphatic carbocycles. The quantitative estimate of drug-likeness (QED) is 0.424. The van der Waals surface area contributed by atoms with Crippen molar-refractivity contribution in [2.24, 2.45) is 12.0 Å². The summed E-state index contributed by atoms with van der Waals surface area (Å²) in [6.45, 7) is 5.13. The van der Waals surface area contributed by atoms with Gasteiger partial charge in [-0.15, -0.1) is 11.8 Å². The lowest BCUT2D eigenvalue weighted by Crippen LogP contribution is -2.40. The van der Waals surface area contributed by atoms with Crippen LogP contribution in [0.1, 0.15) is 25.1 Å². The molecule has 2 aromatic rings. The molecule has 1 unspecified atom stereocenters. The van der Waals surface area contributed by atoms with Crippen molar-refractivity contribution in [2.45, 2.75) is 36.7 Å². The summed E-state index contributed by atoms with van der Waals surface area (Å²) in [5.41, 5.74) is -0.841. The van der Waals surface area contributed by atoms with Crippen molar-refractivity contribution in [1.82, 2.24) is 20.4 Å². The number of aliphatic imine (C=N–C) groups is 1. The number of rotatable bonds is 7. The van der Waals surface area contributed by atoms with Crippen LogP contribution in [0.2, 0.25) is 0 Å². The Hall–Kier alpha value is -2.16. The second kappa shape index (κ2) is 9.68. The molecule has 2 N–H and O–H groups in total. The van der Waals surface area contributed by atoms with Gasteiger partial charge in [0, 0.05) is 42.0 Å². The Morgan fingerprint density at radius 2 is 1.96 bits per heavy atom. The van der Waals surface area contributed by atoms with Gasteiger partial charge in [-0.3, -0.25) is 4.68 Å². The standard InChI is InChI=1S/C18H24F3N5S/c1-4-22-17(23-10-13(2)27-15-8-6-5-7-9-15)24-11-14-12-26(3)25-16(14)18(19,20)21/h5-9,12-13H,4,10-11H2,1-3H3,(H2,22,23,24). The summed E-state index contributed by atoms with van der Waals surface area (Å²) in [5, 5.41) is 10.0. The molecule has 1 heterocycles. The maximum atomic E-state index is 13.0. The number of aromatic nitrogens is 2. The monoisotopic (exact) mass is 399 g/mol. The Morgan fingerprint density at radius 3 is 2.59 bits per heavy atom. The molecule has 0 radical (unpaired) electrons. The Bertz CT molecular complexity index is 743. The maximum absolute atomic E-state index is 13.0. The molecule has 0 saturated heterocycles. The SMILES string of the molecule is CCNC(=NCc1cn(C)nc1C(F)(F)F)NCC(C)Sc1ccccc1. The van der Waals surface area contributed by atoms with E-state index in [1.807, 2.05) is 37.3 Å². The number of guanidine groups is 1. The van der Waals surface area contributed by atoms with Crippen molar-refractivity contribution in [3.8, 4) is 0 Å². The molecule has 9 heteroatoms. The van der Waals surface area contributed by atoms with Gasteiger partial charge in [-0.25, -0.2) is 4.99 Å². The van der Waals surface area contributed by atoms with Gasteiger partial charge in [-0.05, 0) is 19.1 Å². The molecule has 27 heavy (non-hydrogen) atoms. The molecule has 2 rings (SSSR count). The molecule has 0 fully saturated rings. The molecule has 0 bridgehead atoms. The molecule has 0 spiro atoms. The predicted octanol–water partition coefficient (Wildman–Crippen LogP) is 3.67. The highest BCUT2D eigenvalue weighted by molar-refractivity contribution is 8.00. The van der Waals surface area contributed by atoms with E-state index in [1.165, 1.54) is 18.1 Å². The topological polar surface area (TPSA) is 54.2 Å². The van der Waals surface area contributed by atoms with Crippen LogP contribution in [0.15, 0.2) is 46.4 Å². The molecule has 148 valence electrons. The Balaban J connectivity index is 1.98. The molecule has 1 aromatic carbocycles. The fraction of sp³-hybridized carbons (Fsp3) is 0.444. The number of thioether (sulfide) groups is 1. The van der Waals surface area contributed by atoms with Crippen LogP contribution in [0.3, 0.4) is 0 Å². The fourth-order valence-corrected chi connectivity index (χ4v) is 3.36. The van der Waals surface area contributed by atoms with E-state index in [4.69, 9.17) is 0 Å². The van der Waals surface area contributed by atoms with Gasteiger partial charge in [0.05, 0.1) is 6.54 Å². The van der Waals surface area contributed by atoms with Gasteiger partial charge in [0.15, 0.2) is 11.7 Å². The van der Waals surface area contributed by atoms with Gasteiger partial charge in [0.2, 0.25) is 0 Å². The van der Waals surface area contributed by atoms with Gasteiger partial charge in [0.25, 0.3) is 0 Å². The first-order valence-corrected chi connectivity index (χ1v) is 9.51. The molecule has 1 aromatic heterocycles. The normalized spacial score (nSPS) is 13.5. The van der Waals surface area contributed by atoms with Gasteiger partial charge in [-0.1, -0.05) is 25.1 Å². The molecule has 0 aliphatic heterocycles. The number of aryl methyl sites for hydroxylation is 1. The predicted molar refractivity (Wildman–Crippen MR) is 103 cm³/mol. The number of benzene rings is 1. The van der Waals surface area contributed by atoms with Crippen LogP contribution < -0.4 is 10.6 Å². The van der Waals surface area contributed by atoms with Crippen LogP contribution in [-0.2, 0) is 19.8 Å². The molecule has 0 amide bonds. The Labute approximate surface area is 161 Å². The lowest BCUT2D eigenvalue weighted by atomic mass is 10.2. The number of halogens is 3. The first-order chi connectivity index (χ1) is 12.8. The average Bonchev–Trinajstić information content (AvgIpc) is 2.99. The Kier molecular flexibility index (Phi) is 7.58. The molecule has 0 saturated carbocycles. The van der Waals surface area contributed by atoms with E-state index in [2.05, 4.69) is 27.6 Å². The highest BCUT2D eigenvalue weighted by atomic mass is 32.2. The summed E-state index contributed by atoms with van der Waals surface area (Å²) in [5.74, 6) is 0.481. The smallest absolute Gasteiger partial charge is 0.357 e. The first kappa shape index (κ1) is 21.1. The van der Waals surface area contributed by atoms with Crippen LogP contribution in [0.5, 0.6) is 0 Å². The number of hydrogen-bond acceptors (Lipinski definition) is 3. The average molecular weight is 399 g/mol. The minimum Gasteiger partial charge on any atom is -0.357 e. The van der Waals surface area contributed by atoms with Crippen LogP contribution >= 0.6 is 11.8 Å². The summed E-state index contributed by atoms with van der Waals surface area (Å²) in [6.07, 6.45) is -3.14. The zero-order valence-corrected chi connectivity index (χ0v) is 16.4. The van der Waals surface area contributed by atoms with Gasteiger partial charge < -0.3 is 10.6 Å². The van der Waals surface area contributed by atoms with Crippen molar-refractivity contribution >= 4 is 17.7 Å². The van der Waals surface area contributed by atoms with Crippen molar-refractivity contribution in [2.75, 3.05) is 13.1 Å². The van der Waals surface area contributed by atoms with Crippen LogP contribution in [0.25, 0.3) is 0 Å². The summed E-state index contributed by atoms with van der Waals surface area (Å²) in [4.78, 5) is 5.45. The summed E-state index contributed by atoms with van der Waals surface area (Å²) >= 11 is 1.72. The highest BCUT2D eigenvalue weighted by Crippen LogP contribution is 2.30. The van der Waals surface area contributed by atoms with Crippen LogP contribution in [-0.4, -0.2) is 34.1 Å². The third-order valence-electron chi connectivity index (χ3n) is 3.56. The Morgan fingerprint density at radius 1 is 1.26 bits per heavy atom. The van der Waals surface area contributed by atoms with Gasteiger partial charge in [-0.2, -0.15) is 18.3 Å². The second-order valence-electron chi connectivity index (χ2n) is 5.99. The van der Waals surface area contributed by atoms with E-state index in [0.717, 1.165) is 4.68 Å². The fourth-order valence-electron chi connectivity index (χ4n) is 2.41. The summed E-state index contributed by atoms with van der Waals surface area (Å²) in [7, 11) is 1.47. The van der Waals surface area contributed by atoms with Crippen LogP contribution in [0, 0.1) is 0 Å². The van der Waals surface area contributed by atoms with Gasteiger partial charge in [0.1, 0.15) is 0 Å². The third kappa shape index (κ3) is 6.82. The van der Waals surface area contributed by atoms with E-state index < -0.39 is 11.9 Å². The van der Waals surface area contributed by atoms with Crippen molar-refractivity contribution in [1.29, 1.82) is 0 Å². The zero-order valence-electron chi connectivity index (χ0n) is 15.5. The number of nitrogens with one attached hydrogen (secondary N) is 2. The van der Waals surface area contributed by atoms with Crippen LogP contribution in [0.4, 0.5) is 13.2 Å². The molecular weight excluding hydrogens is 375 g/mol. The highest BCUT2D eigenvalue weighted by Gasteiger charge is 2.36. The molecular formula is C18H24F3N5S. The summed E-state index contributed by atoms with van der Waals surface area (Å²) in [6, 6.07) is 10.0. The minimum atomic E-state index is -4.49. The van der Waals surface area contributed by atoms with E-state index in [1.54, 1.807) is 11.8 Å². The second-order valence-corrected chi connectivity index (χ2v) is 7.50. The summed E-state index contributed by atoms with van der Waals surface area (Å²) < 4.78 is 40.3. The number of hydrogen-bond donors (Lipinski definition) is 2. The largest absolute Gasteiger partial charge is 0.435 e. The van der Waals surface area contributed by atoms with E-state index in [0.29, 0.717) is 19.0 Å². The number of alkyl halides is 3. The van der Waals surface area contributed by atoms with Gasteiger partial charge >= 0.3 is 6.18 Å². The third-order valence-corrected chi connectivity index (χ3v) is 4.68. The lowest BCUT2D eigenvalue weighted by molar-refractivity contribution is -0.142.